The molecular weight excluding hydrogens is 314 g/mol. The molecule has 132 valence electrons. The Hall–Kier alpha value is -2.42. The number of aliphatic hydroxyl groups excluding tert-OH is 1. The first-order valence-corrected chi connectivity index (χ1v) is 7.70. The SMILES string of the molecule is CC(C)(C)OC(=O)N[C@@H](CO)C(=O)NC1CN(c2ccncn2)C1. The smallest absolute Gasteiger partial charge is 0.408 e. The molecule has 0 spiro atoms. The monoisotopic (exact) mass is 337 g/mol. The topological polar surface area (TPSA) is 117 Å². The highest BCUT2D eigenvalue weighted by atomic mass is 16.6. The van der Waals surface area contributed by atoms with E-state index in [1.54, 1.807) is 33.0 Å². The molecule has 1 atom stereocenters. The van der Waals surface area contributed by atoms with E-state index in [0.717, 1.165) is 5.82 Å². The summed E-state index contributed by atoms with van der Waals surface area (Å²) in [5.41, 5.74) is -0.674. The second-order valence-electron chi connectivity index (χ2n) is 6.56. The number of hydrogen-bond donors (Lipinski definition) is 3. The van der Waals surface area contributed by atoms with Crippen molar-refractivity contribution in [2.75, 3.05) is 24.6 Å². The van der Waals surface area contributed by atoms with Crippen LogP contribution in [0.4, 0.5) is 10.6 Å². The average molecular weight is 337 g/mol. The third-order valence-corrected chi connectivity index (χ3v) is 3.31. The van der Waals surface area contributed by atoms with Crippen molar-refractivity contribution in [3.63, 3.8) is 0 Å². The van der Waals surface area contributed by atoms with Crippen LogP contribution in [0.1, 0.15) is 20.8 Å². The maximum absolute atomic E-state index is 12.1. The van der Waals surface area contributed by atoms with Gasteiger partial charge >= 0.3 is 6.09 Å². The number of nitrogens with zero attached hydrogens (tertiary/aromatic N) is 3. The highest BCUT2D eigenvalue weighted by Gasteiger charge is 2.32. The van der Waals surface area contributed by atoms with E-state index in [4.69, 9.17) is 4.74 Å². The molecule has 0 bridgehead atoms. The standard InChI is InChI=1S/C15H23N5O4/c1-15(2,3)24-14(23)19-11(8-21)13(22)18-10-6-20(7-10)12-4-5-16-9-17-12/h4-5,9-11,21H,6-8H2,1-3H3,(H,18,22)(H,19,23)/t11-/m0/s1. The lowest BCUT2D eigenvalue weighted by Gasteiger charge is -2.40. The fraction of sp³-hybridized carbons (Fsp3) is 0.600. The Balaban J connectivity index is 1.78. The molecule has 2 rings (SSSR count). The van der Waals surface area contributed by atoms with Crippen molar-refractivity contribution in [1.29, 1.82) is 0 Å². The molecular formula is C15H23N5O4. The number of carbonyl (C=O) groups excluding carboxylic acids is 2. The predicted molar refractivity (Wildman–Crippen MR) is 86.4 cm³/mol. The lowest BCUT2D eigenvalue weighted by atomic mass is 10.1. The van der Waals surface area contributed by atoms with Gasteiger partial charge in [-0.05, 0) is 26.8 Å². The van der Waals surface area contributed by atoms with Gasteiger partial charge in [0.2, 0.25) is 5.91 Å². The molecule has 2 heterocycles. The quantitative estimate of drug-likeness (QED) is 0.673. The van der Waals surface area contributed by atoms with Crippen molar-refractivity contribution in [2.45, 2.75) is 38.5 Å². The summed E-state index contributed by atoms with van der Waals surface area (Å²) < 4.78 is 5.08. The largest absolute Gasteiger partial charge is 0.444 e. The molecule has 9 nitrogen and oxygen atoms in total. The molecule has 2 amide bonds. The Labute approximate surface area is 140 Å². The van der Waals surface area contributed by atoms with Gasteiger partial charge < -0.3 is 25.4 Å². The lowest BCUT2D eigenvalue weighted by Crippen LogP contribution is -2.63. The average Bonchev–Trinajstić information content (AvgIpc) is 2.46. The number of aliphatic hydroxyl groups is 1. The summed E-state index contributed by atoms with van der Waals surface area (Å²) in [5, 5.41) is 14.5. The fourth-order valence-electron chi connectivity index (χ4n) is 2.17. The van der Waals surface area contributed by atoms with Crippen LogP contribution < -0.4 is 15.5 Å². The maximum atomic E-state index is 12.1. The maximum Gasteiger partial charge on any atom is 0.408 e. The van der Waals surface area contributed by atoms with E-state index in [1.807, 2.05) is 4.90 Å². The molecule has 1 fully saturated rings. The van der Waals surface area contributed by atoms with Gasteiger partial charge in [-0.1, -0.05) is 0 Å². The summed E-state index contributed by atoms with van der Waals surface area (Å²) in [6.45, 7) is 5.86. The highest BCUT2D eigenvalue weighted by Crippen LogP contribution is 2.16. The van der Waals surface area contributed by atoms with Crippen LogP contribution in [0.3, 0.4) is 0 Å². The Bertz CT molecular complexity index is 569. The van der Waals surface area contributed by atoms with Gasteiger partial charge in [-0.3, -0.25) is 4.79 Å². The normalized spacial score (nSPS) is 16.1. The number of carbonyl (C=O) groups is 2. The molecule has 24 heavy (non-hydrogen) atoms. The molecule has 3 N–H and O–H groups in total. The molecule has 1 aromatic rings. The van der Waals surface area contributed by atoms with Gasteiger partial charge in [0.05, 0.1) is 12.6 Å². The Morgan fingerprint density at radius 3 is 2.71 bits per heavy atom. The molecule has 1 aliphatic heterocycles. The van der Waals surface area contributed by atoms with Crippen molar-refractivity contribution < 1.29 is 19.4 Å². The summed E-state index contributed by atoms with van der Waals surface area (Å²) in [6, 6.07) is 0.674. The van der Waals surface area contributed by atoms with E-state index in [0.29, 0.717) is 13.1 Å². The van der Waals surface area contributed by atoms with Gasteiger partial charge in [0.25, 0.3) is 0 Å². The van der Waals surface area contributed by atoms with Crippen LogP contribution in [0.2, 0.25) is 0 Å². The van der Waals surface area contributed by atoms with Crippen molar-refractivity contribution in [2.24, 2.45) is 0 Å². The Morgan fingerprint density at radius 2 is 2.17 bits per heavy atom. The van der Waals surface area contributed by atoms with Crippen LogP contribution in [0.15, 0.2) is 18.6 Å². The molecule has 1 aromatic heterocycles. The number of rotatable bonds is 5. The van der Waals surface area contributed by atoms with E-state index < -0.39 is 30.3 Å². The second kappa shape index (κ2) is 7.43. The Kier molecular flexibility index (Phi) is 5.55. The first-order chi connectivity index (χ1) is 11.3. The third-order valence-electron chi connectivity index (χ3n) is 3.31. The van der Waals surface area contributed by atoms with Crippen LogP contribution in [0.25, 0.3) is 0 Å². The second-order valence-corrected chi connectivity index (χ2v) is 6.56. The van der Waals surface area contributed by atoms with Gasteiger partial charge in [0, 0.05) is 19.3 Å². The minimum absolute atomic E-state index is 0.0676. The molecule has 0 radical (unpaired) electrons. The zero-order chi connectivity index (χ0) is 17.7. The van der Waals surface area contributed by atoms with E-state index in [9.17, 15) is 14.7 Å². The number of alkyl carbamates (subject to hydrolysis) is 1. The van der Waals surface area contributed by atoms with Gasteiger partial charge in [-0.25, -0.2) is 14.8 Å². The van der Waals surface area contributed by atoms with Crippen LogP contribution in [-0.2, 0) is 9.53 Å². The van der Waals surface area contributed by atoms with E-state index in [1.165, 1.54) is 6.33 Å². The van der Waals surface area contributed by atoms with Crippen molar-refractivity contribution in [1.82, 2.24) is 20.6 Å². The molecule has 0 aromatic carbocycles. The van der Waals surface area contributed by atoms with Gasteiger partial charge in [-0.2, -0.15) is 0 Å². The minimum atomic E-state index is -1.05. The summed E-state index contributed by atoms with van der Waals surface area (Å²) >= 11 is 0. The highest BCUT2D eigenvalue weighted by molar-refractivity contribution is 5.86. The summed E-state index contributed by atoms with van der Waals surface area (Å²) in [4.78, 5) is 33.8. The van der Waals surface area contributed by atoms with Crippen molar-refractivity contribution in [3.05, 3.63) is 18.6 Å². The van der Waals surface area contributed by atoms with E-state index in [2.05, 4.69) is 20.6 Å². The third kappa shape index (κ3) is 5.05. The number of anilines is 1. The minimum Gasteiger partial charge on any atom is -0.444 e. The van der Waals surface area contributed by atoms with Crippen molar-refractivity contribution >= 4 is 17.8 Å². The predicted octanol–water partition coefficient (Wildman–Crippen LogP) is -0.333. The zero-order valence-corrected chi connectivity index (χ0v) is 14.0. The summed E-state index contributed by atoms with van der Waals surface area (Å²) in [6.07, 6.45) is 2.38. The Morgan fingerprint density at radius 1 is 1.46 bits per heavy atom. The van der Waals surface area contributed by atoms with Crippen LogP contribution in [0, 0.1) is 0 Å². The number of hydrogen-bond acceptors (Lipinski definition) is 7. The molecule has 0 unspecified atom stereocenters. The van der Waals surface area contributed by atoms with Crippen LogP contribution in [-0.4, -0.2) is 64.5 Å². The van der Waals surface area contributed by atoms with E-state index >= 15 is 0 Å². The first-order valence-electron chi connectivity index (χ1n) is 7.70. The number of nitrogens with one attached hydrogen (secondary N) is 2. The number of ether oxygens (including phenoxy) is 1. The molecule has 0 aliphatic carbocycles. The molecule has 0 saturated carbocycles. The lowest BCUT2D eigenvalue weighted by molar-refractivity contribution is -0.125. The van der Waals surface area contributed by atoms with E-state index in [-0.39, 0.29) is 6.04 Å². The van der Waals surface area contributed by atoms with Crippen LogP contribution in [0.5, 0.6) is 0 Å². The van der Waals surface area contributed by atoms with Gasteiger partial charge in [-0.15, -0.1) is 0 Å². The molecule has 9 heteroatoms. The zero-order valence-electron chi connectivity index (χ0n) is 14.0. The summed E-state index contributed by atoms with van der Waals surface area (Å²) in [7, 11) is 0. The molecule has 1 aliphatic rings. The molecule has 1 saturated heterocycles. The number of aromatic nitrogens is 2. The van der Waals surface area contributed by atoms with Gasteiger partial charge in [0.15, 0.2) is 0 Å². The first kappa shape index (κ1) is 17.9. The number of amides is 2. The summed E-state index contributed by atoms with van der Waals surface area (Å²) in [5.74, 6) is 0.344. The van der Waals surface area contributed by atoms with Crippen molar-refractivity contribution in [3.8, 4) is 0 Å². The van der Waals surface area contributed by atoms with Gasteiger partial charge in [0.1, 0.15) is 23.8 Å². The fourth-order valence-corrected chi connectivity index (χ4v) is 2.17. The van der Waals surface area contributed by atoms with Crippen LogP contribution >= 0.6 is 0 Å².